The largest absolute Gasteiger partial charge is 0.395 e. The molecule has 21 heavy (non-hydrogen) atoms. The number of piperidine rings is 1. The van der Waals surface area contributed by atoms with Gasteiger partial charge in [-0.2, -0.15) is 4.31 Å². The number of hydrogen-bond acceptors (Lipinski definition) is 4. The van der Waals surface area contributed by atoms with Crippen molar-refractivity contribution in [1.29, 1.82) is 0 Å². The molecule has 0 spiro atoms. The number of nitrogens with zero attached hydrogens (tertiary/aromatic N) is 1. The molecule has 118 valence electrons. The summed E-state index contributed by atoms with van der Waals surface area (Å²) in [6.07, 6.45) is -0.248. The number of halogens is 3. The van der Waals surface area contributed by atoms with E-state index in [1.165, 1.54) is 0 Å². The van der Waals surface area contributed by atoms with E-state index in [4.69, 9.17) is 17.3 Å². The van der Waals surface area contributed by atoms with Crippen LogP contribution in [0.1, 0.15) is 13.3 Å². The molecule has 0 amide bonds. The molecule has 9 heteroatoms. The van der Waals surface area contributed by atoms with Crippen LogP contribution in [-0.4, -0.2) is 37.0 Å². The highest BCUT2D eigenvalue weighted by Crippen LogP contribution is 2.36. The first kappa shape index (κ1) is 17.0. The van der Waals surface area contributed by atoms with Crippen LogP contribution < -0.4 is 5.73 Å². The van der Waals surface area contributed by atoms with Crippen molar-refractivity contribution < 1.29 is 17.9 Å². The third kappa shape index (κ3) is 3.05. The molecule has 1 saturated heterocycles. The molecular formula is C12H15BrClFN2O3S. The average Bonchev–Trinajstić information content (AvgIpc) is 2.43. The molecule has 1 fully saturated rings. The number of nitrogen functional groups attached to an aromatic ring is 1. The third-order valence-corrected chi connectivity index (χ3v) is 6.84. The molecule has 2 unspecified atom stereocenters. The Morgan fingerprint density at radius 2 is 2.19 bits per heavy atom. The fraction of sp³-hybridized carbons (Fsp3) is 0.500. The van der Waals surface area contributed by atoms with Crippen molar-refractivity contribution in [3.05, 3.63) is 21.4 Å². The number of benzene rings is 1. The van der Waals surface area contributed by atoms with E-state index in [1.54, 1.807) is 6.92 Å². The molecule has 0 aromatic heterocycles. The van der Waals surface area contributed by atoms with Gasteiger partial charge < -0.3 is 10.8 Å². The van der Waals surface area contributed by atoms with Gasteiger partial charge in [0.25, 0.3) is 0 Å². The molecule has 2 rings (SSSR count). The molecule has 1 heterocycles. The van der Waals surface area contributed by atoms with Gasteiger partial charge in [0.1, 0.15) is 4.90 Å². The van der Waals surface area contributed by atoms with Crippen molar-refractivity contribution in [2.75, 3.05) is 18.8 Å². The highest BCUT2D eigenvalue weighted by molar-refractivity contribution is 9.10. The highest BCUT2D eigenvalue weighted by atomic mass is 79.9. The molecule has 0 bridgehead atoms. The number of aliphatic hydroxyl groups is 1. The Bertz CT molecular complexity index is 671. The van der Waals surface area contributed by atoms with E-state index in [-0.39, 0.29) is 34.2 Å². The minimum atomic E-state index is -4.05. The lowest BCUT2D eigenvalue weighted by Gasteiger charge is -2.33. The van der Waals surface area contributed by atoms with Crippen LogP contribution in [0.15, 0.2) is 15.4 Å². The first-order valence-electron chi connectivity index (χ1n) is 6.27. The lowest BCUT2D eigenvalue weighted by Crippen LogP contribution is -2.45. The maximum Gasteiger partial charge on any atom is 0.246 e. The number of aliphatic hydroxyl groups excluding tert-OH is 1. The normalized spacial score (nSPS) is 24.2. The van der Waals surface area contributed by atoms with Crippen molar-refractivity contribution in [1.82, 2.24) is 4.31 Å². The molecule has 0 saturated carbocycles. The number of rotatable bonds is 2. The Labute approximate surface area is 136 Å². The smallest absolute Gasteiger partial charge is 0.246 e. The van der Waals surface area contributed by atoms with E-state index in [2.05, 4.69) is 15.9 Å². The van der Waals surface area contributed by atoms with E-state index >= 15 is 0 Å². The summed E-state index contributed by atoms with van der Waals surface area (Å²) < 4.78 is 40.6. The van der Waals surface area contributed by atoms with Gasteiger partial charge >= 0.3 is 0 Å². The Hall–Kier alpha value is -0.410. The Morgan fingerprint density at radius 1 is 1.57 bits per heavy atom. The molecular weight excluding hydrogens is 387 g/mol. The summed E-state index contributed by atoms with van der Waals surface area (Å²) >= 11 is 8.88. The van der Waals surface area contributed by atoms with Gasteiger partial charge in [-0.1, -0.05) is 18.5 Å². The summed E-state index contributed by atoms with van der Waals surface area (Å²) in [6, 6.07) is 1.04. The van der Waals surface area contributed by atoms with E-state index in [0.717, 1.165) is 10.4 Å². The molecule has 5 nitrogen and oxygen atoms in total. The number of anilines is 1. The zero-order chi connectivity index (χ0) is 15.9. The van der Waals surface area contributed by atoms with E-state index in [9.17, 15) is 17.9 Å². The van der Waals surface area contributed by atoms with E-state index in [0.29, 0.717) is 6.42 Å². The zero-order valence-corrected chi connectivity index (χ0v) is 14.3. The van der Waals surface area contributed by atoms with Crippen molar-refractivity contribution in [2.24, 2.45) is 5.92 Å². The summed E-state index contributed by atoms with van der Waals surface area (Å²) in [5, 5.41) is 9.69. The molecule has 2 atom stereocenters. The number of sulfonamides is 1. The standard InChI is InChI=1S/C12H15BrClFN2O3S/c1-6-5-17(3-2-8(6)18)21(19,20)9-4-7(14)10(13)12(16)11(9)15/h4,6,8,18H,2-3,5,16H2,1H3. The minimum Gasteiger partial charge on any atom is -0.395 e. The summed E-state index contributed by atoms with van der Waals surface area (Å²) in [5.74, 6) is -1.25. The van der Waals surface area contributed by atoms with Crippen molar-refractivity contribution >= 4 is 43.2 Å². The van der Waals surface area contributed by atoms with Crippen LogP contribution in [0.25, 0.3) is 0 Å². The van der Waals surface area contributed by atoms with Gasteiger partial charge in [-0.05, 0) is 34.3 Å². The molecule has 1 aromatic carbocycles. The quantitative estimate of drug-likeness (QED) is 0.588. The Morgan fingerprint density at radius 3 is 2.76 bits per heavy atom. The van der Waals surface area contributed by atoms with Gasteiger partial charge in [-0.25, -0.2) is 12.8 Å². The van der Waals surface area contributed by atoms with Gasteiger partial charge in [0.15, 0.2) is 5.82 Å². The van der Waals surface area contributed by atoms with Crippen molar-refractivity contribution in [3.63, 3.8) is 0 Å². The fourth-order valence-corrected chi connectivity index (χ4v) is 4.46. The summed E-state index contributed by atoms with van der Waals surface area (Å²) in [7, 11) is -4.05. The van der Waals surface area contributed by atoms with Crippen LogP contribution in [0, 0.1) is 11.7 Å². The molecule has 0 radical (unpaired) electrons. The molecule has 1 aliphatic heterocycles. The third-order valence-electron chi connectivity index (χ3n) is 3.60. The predicted octanol–water partition coefficient (Wildman–Crippen LogP) is 2.22. The van der Waals surface area contributed by atoms with Crippen molar-refractivity contribution in [3.8, 4) is 0 Å². The average molecular weight is 402 g/mol. The molecule has 3 N–H and O–H groups in total. The summed E-state index contributed by atoms with van der Waals surface area (Å²) in [6.45, 7) is 1.99. The van der Waals surface area contributed by atoms with E-state index in [1.807, 2.05) is 0 Å². The first-order valence-corrected chi connectivity index (χ1v) is 8.88. The minimum absolute atomic E-state index is 0.0255. The predicted molar refractivity (Wildman–Crippen MR) is 82.1 cm³/mol. The van der Waals surface area contributed by atoms with Crippen LogP contribution in [0.4, 0.5) is 10.1 Å². The fourth-order valence-electron chi connectivity index (χ4n) is 2.24. The second kappa shape index (κ2) is 6.00. The van der Waals surface area contributed by atoms with Gasteiger partial charge in [0.2, 0.25) is 10.0 Å². The van der Waals surface area contributed by atoms with Gasteiger partial charge in [-0.15, -0.1) is 0 Å². The van der Waals surface area contributed by atoms with Crippen LogP contribution >= 0.6 is 27.5 Å². The lowest BCUT2D eigenvalue weighted by atomic mass is 9.99. The van der Waals surface area contributed by atoms with Gasteiger partial charge in [0, 0.05) is 13.1 Å². The molecule has 0 aliphatic carbocycles. The Kier molecular flexibility index (Phi) is 4.84. The second-order valence-corrected chi connectivity index (χ2v) is 8.20. The van der Waals surface area contributed by atoms with Crippen LogP contribution in [-0.2, 0) is 10.0 Å². The first-order chi connectivity index (χ1) is 9.66. The van der Waals surface area contributed by atoms with Crippen molar-refractivity contribution in [2.45, 2.75) is 24.3 Å². The molecule has 1 aromatic rings. The Balaban J connectivity index is 2.46. The van der Waals surface area contributed by atoms with E-state index < -0.39 is 26.8 Å². The maximum absolute atomic E-state index is 14.2. The highest BCUT2D eigenvalue weighted by Gasteiger charge is 2.35. The lowest BCUT2D eigenvalue weighted by molar-refractivity contribution is 0.0628. The monoisotopic (exact) mass is 400 g/mol. The van der Waals surface area contributed by atoms with Crippen LogP contribution in [0.5, 0.6) is 0 Å². The SMILES string of the molecule is CC1CN(S(=O)(=O)c2cc(Cl)c(Br)c(N)c2F)CCC1O. The van der Waals surface area contributed by atoms with Gasteiger partial charge in [-0.3, -0.25) is 0 Å². The topological polar surface area (TPSA) is 83.6 Å². The summed E-state index contributed by atoms with van der Waals surface area (Å²) in [5.41, 5.74) is 5.19. The number of hydrogen-bond donors (Lipinski definition) is 2. The zero-order valence-electron chi connectivity index (χ0n) is 11.2. The van der Waals surface area contributed by atoms with Crippen LogP contribution in [0.3, 0.4) is 0 Å². The maximum atomic E-state index is 14.2. The number of nitrogens with two attached hydrogens (primary N) is 1. The van der Waals surface area contributed by atoms with Crippen LogP contribution in [0.2, 0.25) is 5.02 Å². The molecule has 1 aliphatic rings. The van der Waals surface area contributed by atoms with Gasteiger partial charge in [0.05, 0.1) is 21.3 Å². The summed E-state index contributed by atoms with van der Waals surface area (Å²) in [4.78, 5) is -0.545. The second-order valence-electron chi connectivity index (χ2n) is 5.09.